The molecule has 1 amide bonds. The molecule has 1 rings (SSSR count). The Morgan fingerprint density at radius 1 is 1.38 bits per heavy atom. The third-order valence-electron chi connectivity index (χ3n) is 2.02. The number of ether oxygens (including phenoxy) is 1. The van der Waals surface area contributed by atoms with Crippen LogP contribution in [0.4, 0.5) is 4.79 Å². The second-order valence-corrected chi connectivity index (χ2v) is 2.98. The summed E-state index contributed by atoms with van der Waals surface area (Å²) in [6.45, 7) is 0. The molecule has 1 fully saturated rings. The van der Waals surface area contributed by atoms with Crippen LogP contribution in [-0.2, 0) is 9.53 Å². The third-order valence-corrected chi connectivity index (χ3v) is 2.02. The number of hydrazone groups is 1. The van der Waals surface area contributed by atoms with E-state index in [1.54, 1.807) is 0 Å². The van der Waals surface area contributed by atoms with Gasteiger partial charge in [0.05, 0.1) is 0 Å². The first-order valence-electron chi connectivity index (χ1n) is 4.36. The summed E-state index contributed by atoms with van der Waals surface area (Å²) in [5, 5.41) is 2.91. The Balaban J connectivity index is 2.21. The average molecular weight is 184 g/mol. The third kappa shape index (κ3) is 3.71. The molecule has 0 saturated heterocycles. The van der Waals surface area contributed by atoms with Gasteiger partial charge in [0.2, 0.25) is 0 Å². The molecule has 0 aromatic heterocycles. The summed E-state index contributed by atoms with van der Waals surface area (Å²) in [6, 6.07) is 0. The number of amides is 1. The van der Waals surface area contributed by atoms with Gasteiger partial charge in [0, 0.05) is 0 Å². The molecule has 0 aromatic rings. The minimum Gasteiger partial charge on any atom is -0.445 e. The summed E-state index contributed by atoms with van der Waals surface area (Å²) in [5.41, 5.74) is 1.92. The van der Waals surface area contributed by atoms with Crippen molar-refractivity contribution in [2.75, 3.05) is 0 Å². The molecule has 1 N–H and O–H groups in total. The van der Waals surface area contributed by atoms with Crippen LogP contribution in [-0.4, -0.2) is 18.3 Å². The largest absolute Gasteiger partial charge is 0.445 e. The predicted octanol–water partition coefficient (Wildman–Crippen LogP) is 1.30. The Morgan fingerprint density at radius 2 is 2.08 bits per heavy atom. The summed E-state index contributed by atoms with van der Waals surface area (Å²) in [6.07, 6.45) is 5.70. The van der Waals surface area contributed by atoms with Gasteiger partial charge in [0.1, 0.15) is 6.10 Å². The number of hydrogen-bond donors (Lipinski definition) is 1. The van der Waals surface area contributed by atoms with Crippen LogP contribution in [0.5, 0.6) is 0 Å². The first-order valence-corrected chi connectivity index (χ1v) is 4.36. The van der Waals surface area contributed by atoms with E-state index in [1.807, 2.05) is 5.43 Å². The summed E-state index contributed by atoms with van der Waals surface area (Å²) < 4.78 is 4.97. The summed E-state index contributed by atoms with van der Waals surface area (Å²) in [4.78, 5) is 20.5. The molecule has 1 saturated carbocycles. The zero-order chi connectivity index (χ0) is 9.52. The molecular formula is C8H12N2O3. The molecule has 72 valence electrons. The van der Waals surface area contributed by atoms with Crippen LogP contribution < -0.4 is 5.43 Å². The van der Waals surface area contributed by atoms with E-state index in [1.165, 1.54) is 12.5 Å². The smallest absolute Gasteiger partial charge is 0.428 e. The number of hydrogen-bond acceptors (Lipinski definition) is 4. The van der Waals surface area contributed by atoms with E-state index >= 15 is 0 Å². The fourth-order valence-electron chi connectivity index (χ4n) is 1.43. The van der Waals surface area contributed by atoms with Crippen molar-refractivity contribution in [1.82, 2.24) is 5.43 Å². The van der Waals surface area contributed by atoms with Crippen molar-refractivity contribution < 1.29 is 14.3 Å². The van der Waals surface area contributed by atoms with Crippen molar-refractivity contribution in [1.29, 1.82) is 0 Å². The summed E-state index contributed by atoms with van der Waals surface area (Å²) >= 11 is 0. The first kappa shape index (κ1) is 9.74. The van der Waals surface area contributed by atoms with E-state index in [4.69, 9.17) is 4.74 Å². The second kappa shape index (κ2) is 5.32. The minimum absolute atomic E-state index is 0.0180. The van der Waals surface area contributed by atoms with Crippen LogP contribution in [0.2, 0.25) is 0 Å². The lowest BCUT2D eigenvalue weighted by molar-refractivity contribution is 0.0756. The van der Waals surface area contributed by atoms with Crippen LogP contribution in [0, 0.1) is 0 Å². The van der Waals surface area contributed by atoms with Gasteiger partial charge in [0.15, 0.2) is 0 Å². The van der Waals surface area contributed by atoms with Crippen LogP contribution >= 0.6 is 0 Å². The van der Waals surface area contributed by atoms with E-state index in [0.717, 1.165) is 25.7 Å². The standard InChI is InChI=1S/C8H12N2O3/c11-6-9-10-8(12)13-7-4-2-1-3-5-7/h7H,1-5H2,(H,10,12). The van der Waals surface area contributed by atoms with Crippen LogP contribution in [0.1, 0.15) is 32.1 Å². The SMILES string of the molecule is O=C=NNC(=O)OC1CCCCC1. The second-order valence-electron chi connectivity index (χ2n) is 2.98. The van der Waals surface area contributed by atoms with Gasteiger partial charge in [0.25, 0.3) is 6.08 Å². The molecule has 5 heteroatoms. The van der Waals surface area contributed by atoms with E-state index < -0.39 is 6.09 Å². The maximum absolute atomic E-state index is 10.9. The lowest BCUT2D eigenvalue weighted by Gasteiger charge is -2.20. The van der Waals surface area contributed by atoms with Crippen molar-refractivity contribution in [2.24, 2.45) is 5.10 Å². The van der Waals surface area contributed by atoms with Crippen molar-refractivity contribution in [2.45, 2.75) is 38.2 Å². The monoisotopic (exact) mass is 184 g/mol. The number of rotatable bonds is 2. The van der Waals surface area contributed by atoms with Gasteiger partial charge in [-0.25, -0.2) is 15.0 Å². The zero-order valence-electron chi connectivity index (χ0n) is 7.28. The number of nitrogens with zero attached hydrogens (tertiary/aromatic N) is 1. The molecule has 0 unspecified atom stereocenters. The number of nitrogens with one attached hydrogen (secondary N) is 1. The maximum atomic E-state index is 10.9. The van der Waals surface area contributed by atoms with Crippen molar-refractivity contribution >= 4 is 12.2 Å². The Bertz CT molecular complexity index is 217. The molecule has 0 bridgehead atoms. The molecule has 0 atom stereocenters. The Morgan fingerprint density at radius 3 is 2.69 bits per heavy atom. The Kier molecular flexibility index (Phi) is 3.99. The van der Waals surface area contributed by atoms with E-state index in [-0.39, 0.29) is 6.10 Å². The molecule has 0 radical (unpaired) electrons. The van der Waals surface area contributed by atoms with Gasteiger partial charge in [-0.05, 0) is 25.7 Å². The zero-order valence-corrected chi connectivity index (χ0v) is 7.28. The molecular weight excluding hydrogens is 172 g/mol. The van der Waals surface area contributed by atoms with Gasteiger partial charge in [-0.1, -0.05) is 11.5 Å². The normalized spacial score (nSPS) is 17.2. The maximum Gasteiger partial charge on any atom is 0.428 e. The molecule has 13 heavy (non-hydrogen) atoms. The predicted molar refractivity (Wildman–Crippen MR) is 44.6 cm³/mol. The van der Waals surface area contributed by atoms with Gasteiger partial charge in [-0.15, -0.1) is 0 Å². The highest BCUT2D eigenvalue weighted by Crippen LogP contribution is 2.20. The molecule has 5 nitrogen and oxygen atoms in total. The number of isocyanates is 1. The van der Waals surface area contributed by atoms with Crippen LogP contribution in [0.3, 0.4) is 0 Å². The first-order chi connectivity index (χ1) is 6.33. The number of carbonyl (C=O) groups is 1. The Labute approximate surface area is 76.1 Å². The fourth-order valence-corrected chi connectivity index (χ4v) is 1.43. The van der Waals surface area contributed by atoms with Crippen molar-refractivity contribution in [3.05, 3.63) is 0 Å². The molecule has 1 aliphatic carbocycles. The highest BCUT2D eigenvalue weighted by Gasteiger charge is 2.16. The molecule has 0 heterocycles. The number of carbonyl (C=O) groups excluding carboxylic acids is 2. The topological polar surface area (TPSA) is 67.8 Å². The Hall–Kier alpha value is -1.35. The molecule has 0 spiro atoms. The quantitative estimate of drug-likeness (QED) is 0.399. The summed E-state index contributed by atoms with van der Waals surface area (Å²) in [5.74, 6) is 0. The van der Waals surface area contributed by atoms with E-state index in [0.29, 0.717) is 0 Å². The van der Waals surface area contributed by atoms with Crippen molar-refractivity contribution in [3.8, 4) is 0 Å². The van der Waals surface area contributed by atoms with Crippen LogP contribution in [0.15, 0.2) is 5.10 Å². The average Bonchev–Trinajstić information content (AvgIpc) is 2.16. The molecule has 0 aliphatic heterocycles. The highest BCUT2D eigenvalue weighted by atomic mass is 16.6. The van der Waals surface area contributed by atoms with Crippen molar-refractivity contribution in [3.63, 3.8) is 0 Å². The summed E-state index contributed by atoms with van der Waals surface area (Å²) in [7, 11) is 0. The van der Waals surface area contributed by atoms with Gasteiger partial charge in [-0.2, -0.15) is 0 Å². The lowest BCUT2D eigenvalue weighted by Crippen LogP contribution is -2.26. The minimum atomic E-state index is -0.671. The molecule has 1 aliphatic rings. The van der Waals surface area contributed by atoms with Crippen LogP contribution in [0.25, 0.3) is 0 Å². The fraction of sp³-hybridized carbons (Fsp3) is 0.750. The van der Waals surface area contributed by atoms with Gasteiger partial charge >= 0.3 is 6.09 Å². The van der Waals surface area contributed by atoms with E-state index in [9.17, 15) is 9.59 Å². The molecule has 0 aromatic carbocycles. The highest BCUT2D eigenvalue weighted by molar-refractivity contribution is 5.67. The van der Waals surface area contributed by atoms with Gasteiger partial charge < -0.3 is 4.74 Å². The van der Waals surface area contributed by atoms with Gasteiger partial charge in [-0.3, -0.25) is 0 Å². The lowest BCUT2D eigenvalue weighted by atomic mass is 9.98. The van der Waals surface area contributed by atoms with E-state index in [2.05, 4.69) is 5.10 Å².